The third-order valence-corrected chi connectivity index (χ3v) is 8.84. The number of terminal acetylenes is 1. The van der Waals surface area contributed by atoms with Crippen LogP contribution in [0.2, 0.25) is 0 Å². The average molecular weight is 743 g/mol. The number of carbonyl (C=O) groups excluding carboxylic acids is 2. The lowest BCUT2D eigenvalue weighted by Gasteiger charge is -2.42. The molecule has 0 spiro atoms. The number of rotatable bonds is 8. The van der Waals surface area contributed by atoms with Crippen molar-refractivity contribution in [1.82, 2.24) is 14.9 Å². The van der Waals surface area contributed by atoms with Crippen molar-refractivity contribution < 1.29 is 55.2 Å². The average Bonchev–Trinajstić information content (AvgIpc) is 3.37. The minimum absolute atomic E-state index is 0.0401. The van der Waals surface area contributed by atoms with Crippen LogP contribution in [-0.4, -0.2) is 91.5 Å². The SMILES string of the molecule is C#Cc1c(F)ccc2cc(OCOC)cc(-c3c(C(=O)OC)cc4c(N5C[C@H]6CC[C@@H](C5)N6C(=O)OC(C)(C)C)nc(OCC(F)(F)F)nc4c3F)c12. The molecule has 2 fully saturated rings. The normalized spacial score (nSPS) is 17.2. The Bertz CT molecular complexity index is 2130. The van der Waals surface area contributed by atoms with Gasteiger partial charge in [-0.1, -0.05) is 12.0 Å². The molecule has 3 heterocycles. The highest BCUT2D eigenvalue weighted by Gasteiger charge is 2.45. The van der Waals surface area contributed by atoms with Gasteiger partial charge in [-0.2, -0.15) is 23.1 Å². The Morgan fingerprint density at radius 3 is 2.30 bits per heavy atom. The first-order valence-electron chi connectivity index (χ1n) is 16.5. The Kier molecular flexibility index (Phi) is 9.99. The summed E-state index contributed by atoms with van der Waals surface area (Å²) in [5, 5.41) is 0.295. The number of methoxy groups -OCH3 is 2. The van der Waals surface area contributed by atoms with Crippen LogP contribution in [-0.2, 0) is 14.2 Å². The summed E-state index contributed by atoms with van der Waals surface area (Å²) in [6.07, 6.45) is 1.61. The lowest BCUT2D eigenvalue weighted by molar-refractivity contribution is -0.154. The maximum Gasteiger partial charge on any atom is 0.422 e. The number of ether oxygens (including phenoxy) is 5. The third-order valence-electron chi connectivity index (χ3n) is 8.84. The number of hydrogen-bond acceptors (Lipinski definition) is 10. The molecule has 0 radical (unpaired) electrons. The number of benzene rings is 3. The number of carbonyl (C=O) groups is 2. The molecule has 280 valence electrons. The number of anilines is 1. The molecule has 16 heteroatoms. The van der Waals surface area contributed by atoms with Gasteiger partial charge in [0, 0.05) is 36.5 Å². The molecule has 11 nitrogen and oxygen atoms in total. The van der Waals surface area contributed by atoms with Crippen LogP contribution in [0.25, 0.3) is 32.8 Å². The van der Waals surface area contributed by atoms with Crippen LogP contribution in [0.15, 0.2) is 30.3 Å². The molecule has 4 aromatic rings. The van der Waals surface area contributed by atoms with Crippen LogP contribution >= 0.6 is 0 Å². The van der Waals surface area contributed by atoms with E-state index in [-0.39, 0.29) is 71.0 Å². The van der Waals surface area contributed by atoms with E-state index in [0.717, 1.165) is 13.2 Å². The summed E-state index contributed by atoms with van der Waals surface area (Å²) < 4.78 is 98.9. The summed E-state index contributed by atoms with van der Waals surface area (Å²) in [4.78, 5) is 38.3. The number of piperazine rings is 1. The van der Waals surface area contributed by atoms with Gasteiger partial charge in [0.1, 0.15) is 28.5 Å². The van der Waals surface area contributed by atoms with Crippen LogP contribution in [0.4, 0.5) is 32.6 Å². The van der Waals surface area contributed by atoms with E-state index in [9.17, 15) is 22.8 Å². The molecule has 1 aromatic heterocycles. The zero-order valence-corrected chi connectivity index (χ0v) is 29.4. The Labute approximate surface area is 300 Å². The van der Waals surface area contributed by atoms with Gasteiger partial charge in [-0.15, -0.1) is 6.42 Å². The molecule has 3 aromatic carbocycles. The fourth-order valence-electron chi connectivity index (χ4n) is 6.83. The molecule has 0 aliphatic carbocycles. The molecule has 2 bridgehead atoms. The number of alkyl halides is 3. The van der Waals surface area contributed by atoms with Crippen molar-refractivity contribution in [2.75, 3.05) is 45.6 Å². The van der Waals surface area contributed by atoms with Crippen molar-refractivity contribution in [3.05, 3.63) is 53.1 Å². The molecule has 2 saturated heterocycles. The van der Waals surface area contributed by atoms with E-state index >= 15 is 8.78 Å². The predicted molar refractivity (Wildman–Crippen MR) is 183 cm³/mol. The van der Waals surface area contributed by atoms with Gasteiger partial charge < -0.3 is 28.6 Å². The van der Waals surface area contributed by atoms with Crippen molar-refractivity contribution in [3.8, 4) is 35.2 Å². The summed E-state index contributed by atoms with van der Waals surface area (Å²) in [5.74, 6) is -0.616. The number of esters is 1. The first-order chi connectivity index (χ1) is 25.0. The van der Waals surface area contributed by atoms with Crippen LogP contribution in [0.5, 0.6) is 11.8 Å². The lowest BCUT2D eigenvalue weighted by Crippen LogP contribution is -2.57. The van der Waals surface area contributed by atoms with E-state index < -0.39 is 59.2 Å². The van der Waals surface area contributed by atoms with E-state index in [4.69, 9.17) is 30.1 Å². The van der Waals surface area contributed by atoms with E-state index in [2.05, 4.69) is 15.9 Å². The number of halogens is 5. The maximum atomic E-state index is 17.4. The van der Waals surface area contributed by atoms with E-state index in [0.29, 0.717) is 18.2 Å². The number of amides is 1. The summed E-state index contributed by atoms with van der Waals surface area (Å²) in [6, 6.07) is 5.07. The fraction of sp³-hybridized carbons (Fsp3) is 0.405. The van der Waals surface area contributed by atoms with Crippen molar-refractivity contribution in [1.29, 1.82) is 0 Å². The molecule has 0 unspecified atom stereocenters. The Hall–Kier alpha value is -5.43. The van der Waals surface area contributed by atoms with Gasteiger partial charge in [-0.25, -0.2) is 18.4 Å². The van der Waals surface area contributed by atoms with Gasteiger partial charge in [-0.3, -0.25) is 4.90 Å². The monoisotopic (exact) mass is 742 g/mol. The Morgan fingerprint density at radius 1 is 1.00 bits per heavy atom. The fourth-order valence-corrected chi connectivity index (χ4v) is 6.83. The zero-order chi connectivity index (χ0) is 38.4. The number of fused-ring (bicyclic) bond motifs is 4. The first-order valence-corrected chi connectivity index (χ1v) is 16.5. The topological polar surface area (TPSA) is 113 Å². The van der Waals surface area contributed by atoms with Gasteiger partial charge in [0.05, 0.1) is 30.3 Å². The summed E-state index contributed by atoms with van der Waals surface area (Å²) in [7, 11) is 2.46. The summed E-state index contributed by atoms with van der Waals surface area (Å²) in [6.45, 7) is 3.52. The summed E-state index contributed by atoms with van der Waals surface area (Å²) >= 11 is 0. The van der Waals surface area contributed by atoms with Crippen molar-refractivity contribution in [3.63, 3.8) is 0 Å². The molecule has 2 aliphatic rings. The highest BCUT2D eigenvalue weighted by molar-refractivity contribution is 6.11. The van der Waals surface area contributed by atoms with Gasteiger partial charge in [-0.05, 0) is 68.8 Å². The second-order valence-corrected chi connectivity index (χ2v) is 13.6. The van der Waals surface area contributed by atoms with Crippen molar-refractivity contribution in [2.45, 2.75) is 57.5 Å². The molecule has 0 N–H and O–H groups in total. The summed E-state index contributed by atoms with van der Waals surface area (Å²) in [5.41, 5.74) is -2.40. The van der Waals surface area contributed by atoms with Gasteiger partial charge >= 0.3 is 24.2 Å². The maximum absolute atomic E-state index is 17.4. The Balaban J connectivity index is 1.60. The van der Waals surface area contributed by atoms with Crippen LogP contribution in [0.3, 0.4) is 0 Å². The quantitative estimate of drug-likeness (QED) is 0.0809. The standard InChI is InChI=1S/C37H35F5N4O7/c1-7-23-27(38)11-8-19-12-22(52-18-49-5)13-24(28(19)23)29-25(33(47)50-6)14-26-31(30(29)39)43-34(51-17-37(40,41)42)44-32(26)45-15-20-9-10-21(16-45)46(20)35(48)53-36(2,3)4/h1,8,11-14,20-21H,9-10,15-18H2,2-6H3/t20-,21+. The second-order valence-electron chi connectivity index (χ2n) is 13.6. The molecule has 0 saturated carbocycles. The zero-order valence-electron chi connectivity index (χ0n) is 29.4. The number of nitrogens with zero attached hydrogens (tertiary/aromatic N) is 4. The third kappa shape index (κ3) is 7.43. The molecular formula is C37H35F5N4O7. The van der Waals surface area contributed by atoms with Crippen molar-refractivity contribution >= 4 is 39.6 Å². The van der Waals surface area contributed by atoms with Crippen LogP contribution in [0, 0.1) is 24.0 Å². The van der Waals surface area contributed by atoms with Crippen LogP contribution < -0.4 is 14.4 Å². The van der Waals surface area contributed by atoms with Gasteiger partial charge in [0.15, 0.2) is 19.2 Å². The second kappa shape index (κ2) is 14.2. The van der Waals surface area contributed by atoms with E-state index in [1.54, 1.807) is 30.6 Å². The molecule has 2 atom stereocenters. The Morgan fingerprint density at radius 2 is 1.70 bits per heavy atom. The van der Waals surface area contributed by atoms with E-state index in [1.165, 1.54) is 31.4 Å². The molecule has 6 rings (SSSR count). The largest absolute Gasteiger partial charge is 0.468 e. The predicted octanol–water partition coefficient (Wildman–Crippen LogP) is 7.01. The van der Waals surface area contributed by atoms with Gasteiger partial charge in [0.25, 0.3) is 0 Å². The minimum Gasteiger partial charge on any atom is -0.468 e. The number of aromatic nitrogens is 2. The molecule has 1 amide bonds. The lowest BCUT2D eigenvalue weighted by atomic mass is 9.90. The highest BCUT2D eigenvalue weighted by atomic mass is 19.4. The van der Waals surface area contributed by atoms with Crippen molar-refractivity contribution in [2.24, 2.45) is 0 Å². The first kappa shape index (κ1) is 37.3. The molecule has 2 aliphatic heterocycles. The van der Waals surface area contributed by atoms with Crippen LogP contribution in [0.1, 0.15) is 49.5 Å². The minimum atomic E-state index is -4.79. The number of hydrogen-bond donors (Lipinski definition) is 0. The highest BCUT2D eigenvalue weighted by Crippen LogP contribution is 2.44. The van der Waals surface area contributed by atoms with E-state index in [1.807, 2.05) is 0 Å². The van der Waals surface area contributed by atoms with Gasteiger partial charge in [0.2, 0.25) is 0 Å². The molecular weight excluding hydrogens is 707 g/mol. The molecule has 53 heavy (non-hydrogen) atoms. The smallest absolute Gasteiger partial charge is 0.422 e.